The van der Waals surface area contributed by atoms with Crippen LogP contribution >= 0.6 is 39.1 Å². The monoisotopic (exact) mass is 373 g/mol. The first kappa shape index (κ1) is 15.2. The fourth-order valence-corrected chi connectivity index (χ4v) is 2.23. The zero-order valence-electron chi connectivity index (χ0n) is 10.2. The SMILES string of the molecule is O=C(COc1ccc(Br)cc1)Nc1c(Cl)cccc1Cl. The molecular formula is C14H10BrCl2NO2. The van der Waals surface area contributed by atoms with Crippen molar-refractivity contribution in [2.24, 2.45) is 0 Å². The Bertz CT molecular complexity index is 597. The third kappa shape index (κ3) is 4.13. The van der Waals surface area contributed by atoms with Crippen LogP contribution in [0.3, 0.4) is 0 Å². The number of rotatable bonds is 4. The molecule has 0 radical (unpaired) electrons. The largest absolute Gasteiger partial charge is 0.484 e. The lowest BCUT2D eigenvalue weighted by atomic mass is 10.3. The van der Waals surface area contributed by atoms with E-state index >= 15 is 0 Å². The van der Waals surface area contributed by atoms with Gasteiger partial charge in [-0.05, 0) is 36.4 Å². The second-order valence-electron chi connectivity index (χ2n) is 3.89. The maximum Gasteiger partial charge on any atom is 0.262 e. The van der Waals surface area contributed by atoms with Crippen LogP contribution in [0.4, 0.5) is 5.69 Å². The summed E-state index contributed by atoms with van der Waals surface area (Å²) in [7, 11) is 0. The van der Waals surface area contributed by atoms with Crippen molar-refractivity contribution >= 4 is 50.7 Å². The first-order chi connectivity index (χ1) is 9.56. The molecule has 1 N–H and O–H groups in total. The molecule has 0 aliphatic rings. The number of halogens is 3. The summed E-state index contributed by atoms with van der Waals surface area (Å²) in [5.41, 5.74) is 0.389. The zero-order valence-corrected chi connectivity index (χ0v) is 13.3. The van der Waals surface area contributed by atoms with Crippen molar-refractivity contribution in [1.82, 2.24) is 0 Å². The van der Waals surface area contributed by atoms with Gasteiger partial charge in [0.15, 0.2) is 6.61 Å². The molecule has 2 aromatic rings. The van der Waals surface area contributed by atoms with Gasteiger partial charge in [-0.15, -0.1) is 0 Å². The van der Waals surface area contributed by atoms with Gasteiger partial charge in [0.25, 0.3) is 5.91 Å². The van der Waals surface area contributed by atoms with Crippen molar-refractivity contribution in [3.05, 3.63) is 57.0 Å². The number of hydrogen-bond acceptors (Lipinski definition) is 2. The van der Waals surface area contributed by atoms with E-state index in [1.165, 1.54) is 0 Å². The molecule has 0 saturated heterocycles. The van der Waals surface area contributed by atoms with Crippen LogP contribution in [0.25, 0.3) is 0 Å². The van der Waals surface area contributed by atoms with Crippen LogP contribution in [-0.2, 0) is 4.79 Å². The number of hydrogen-bond donors (Lipinski definition) is 1. The highest BCUT2D eigenvalue weighted by Crippen LogP contribution is 2.29. The second kappa shape index (κ2) is 6.97. The highest BCUT2D eigenvalue weighted by Gasteiger charge is 2.10. The number of para-hydroxylation sites is 1. The molecular weight excluding hydrogens is 365 g/mol. The standard InChI is InChI=1S/C14H10BrCl2NO2/c15-9-4-6-10(7-5-9)20-8-13(19)18-14-11(16)2-1-3-12(14)17/h1-7H,8H2,(H,18,19). The second-order valence-corrected chi connectivity index (χ2v) is 5.62. The average Bonchev–Trinajstić information content (AvgIpc) is 2.42. The van der Waals surface area contributed by atoms with E-state index in [-0.39, 0.29) is 12.5 Å². The Morgan fingerprint density at radius 3 is 2.30 bits per heavy atom. The van der Waals surface area contributed by atoms with Crippen LogP contribution in [0.5, 0.6) is 5.75 Å². The fraction of sp³-hybridized carbons (Fsp3) is 0.0714. The summed E-state index contributed by atoms with van der Waals surface area (Å²) in [4.78, 5) is 11.8. The highest BCUT2D eigenvalue weighted by atomic mass is 79.9. The van der Waals surface area contributed by atoms with Gasteiger partial charge in [0.1, 0.15) is 5.75 Å². The van der Waals surface area contributed by atoms with E-state index in [1.54, 1.807) is 30.3 Å². The molecule has 3 nitrogen and oxygen atoms in total. The highest BCUT2D eigenvalue weighted by molar-refractivity contribution is 9.10. The van der Waals surface area contributed by atoms with Crippen LogP contribution in [0.1, 0.15) is 0 Å². The molecule has 0 unspecified atom stereocenters. The smallest absolute Gasteiger partial charge is 0.262 e. The van der Waals surface area contributed by atoms with Gasteiger partial charge in [-0.1, -0.05) is 45.2 Å². The van der Waals surface area contributed by atoms with Gasteiger partial charge in [-0.3, -0.25) is 4.79 Å². The first-order valence-electron chi connectivity index (χ1n) is 5.68. The minimum absolute atomic E-state index is 0.122. The minimum Gasteiger partial charge on any atom is -0.484 e. The van der Waals surface area contributed by atoms with E-state index in [0.717, 1.165) is 4.47 Å². The van der Waals surface area contributed by atoms with Gasteiger partial charge >= 0.3 is 0 Å². The van der Waals surface area contributed by atoms with Gasteiger partial charge in [0.2, 0.25) is 0 Å². The Kier molecular flexibility index (Phi) is 5.29. The molecule has 0 bridgehead atoms. The molecule has 0 heterocycles. The summed E-state index contributed by atoms with van der Waals surface area (Å²) < 4.78 is 6.30. The predicted octanol–water partition coefficient (Wildman–Crippen LogP) is 4.77. The molecule has 0 spiro atoms. The van der Waals surface area contributed by atoms with Crippen LogP contribution in [-0.4, -0.2) is 12.5 Å². The molecule has 2 rings (SSSR count). The summed E-state index contributed by atoms with van der Waals surface area (Å²) in [5.74, 6) is 0.275. The summed E-state index contributed by atoms with van der Waals surface area (Å²) >= 11 is 15.2. The van der Waals surface area contributed by atoms with Gasteiger partial charge in [-0.2, -0.15) is 0 Å². The van der Waals surface area contributed by atoms with E-state index < -0.39 is 0 Å². The quantitative estimate of drug-likeness (QED) is 0.836. The molecule has 0 aromatic heterocycles. The van der Waals surface area contributed by atoms with E-state index in [2.05, 4.69) is 21.2 Å². The van der Waals surface area contributed by atoms with Gasteiger partial charge in [0.05, 0.1) is 15.7 Å². The number of carbonyl (C=O) groups is 1. The predicted molar refractivity (Wildman–Crippen MR) is 84.7 cm³/mol. The molecule has 0 saturated carbocycles. The number of nitrogens with one attached hydrogen (secondary N) is 1. The van der Waals surface area contributed by atoms with Crippen molar-refractivity contribution in [3.63, 3.8) is 0 Å². The lowest BCUT2D eigenvalue weighted by Crippen LogP contribution is -2.20. The maximum atomic E-state index is 11.8. The van der Waals surface area contributed by atoms with Crippen molar-refractivity contribution in [2.75, 3.05) is 11.9 Å². The number of anilines is 1. The summed E-state index contributed by atoms with van der Waals surface area (Å²) in [6.45, 7) is -0.122. The van der Waals surface area contributed by atoms with Gasteiger partial charge in [0, 0.05) is 4.47 Å². The van der Waals surface area contributed by atoms with Crippen molar-refractivity contribution in [2.45, 2.75) is 0 Å². The van der Waals surface area contributed by atoms with Crippen LogP contribution in [0.2, 0.25) is 10.0 Å². The molecule has 6 heteroatoms. The van der Waals surface area contributed by atoms with E-state index in [9.17, 15) is 4.79 Å². The number of ether oxygens (including phenoxy) is 1. The first-order valence-corrected chi connectivity index (χ1v) is 7.23. The van der Waals surface area contributed by atoms with Gasteiger partial charge < -0.3 is 10.1 Å². The number of benzene rings is 2. The molecule has 0 fully saturated rings. The topological polar surface area (TPSA) is 38.3 Å². The summed E-state index contributed by atoms with van der Waals surface area (Å²) in [6, 6.07) is 12.2. The summed E-state index contributed by atoms with van der Waals surface area (Å²) in [6.07, 6.45) is 0. The molecule has 1 amide bonds. The zero-order chi connectivity index (χ0) is 14.5. The Morgan fingerprint density at radius 1 is 1.10 bits per heavy atom. The third-order valence-electron chi connectivity index (χ3n) is 2.41. The summed E-state index contributed by atoms with van der Waals surface area (Å²) in [5, 5.41) is 3.39. The normalized spacial score (nSPS) is 10.2. The van der Waals surface area contributed by atoms with Crippen molar-refractivity contribution in [3.8, 4) is 5.75 Å². The Balaban J connectivity index is 1.94. The van der Waals surface area contributed by atoms with Crippen LogP contribution in [0.15, 0.2) is 46.9 Å². The van der Waals surface area contributed by atoms with Crippen LogP contribution in [0, 0.1) is 0 Å². The maximum absolute atomic E-state index is 11.8. The minimum atomic E-state index is -0.331. The lowest BCUT2D eigenvalue weighted by Gasteiger charge is -2.10. The van der Waals surface area contributed by atoms with E-state index in [1.807, 2.05) is 12.1 Å². The van der Waals surface area contributed by atoms with E-state index in [0.29, 0.717) is 21.5 Å². The average molecular weight is 375 g/mol. The fourth-order valence-electron chi connectivity index (χ4n) is 1.47. The molecule has 20 heavy (non-hydrogen) atoms. The molecule has 2 aromatic carbocycles. The molecule has 0 aliphatic heterocycles. The van der Waals surface area contributed by atoms with E-state index in [4.69, 9.17) is 27.9 Å². The molecule has 0 atom stereocenters. The van der Waals surface area contributed by atoms with Gasteiger partial charge in [-0.25, -0.2) is 0 Å². The molecule has 104 valence electrons. The Labute approximate surface area is 135 Å². The lowest BCUT2D eigenvalue weighted by molar-refractivity contribution is -0.118. The van der Waals surface area contributed by atoms with Crippen molar-refractivity contribution < 1.29 is 9.53 Å². The number of amides is 1. The Morgan fingerprint density at radius 2 is 1.70 bits per heavy atom. The third-order valence-corrected chi connectivity index (χ3v) is 3.57. The van der Waals surface area contributed by atoms with Crippen molar-refractivity contribution in [1.29, 1.82) is 0 Å². The number of carbonyl (C=O) groups excluding carboxylic acids is 1. The van der Waals surface area contributed by atoms with Crippen LogP contribution < -0.4 is 10.1 Å². The molecule has 0 aliphatic carbocycles. The Hall–Kier alpha value is -1.23.